The number of methoxy groups -OCH3 is 1. The Kier molecular flexibility index (Phi) is 5.63. The van der Waals surface area contributed by atoms with Crippen LogP contribution in [0.5, 0.6) is 17.2 Å². The van der Waals surface area contributed by atoms with Gasteiger partial charge in [0.1, 0.15) is 17.9 Å². The van der Waals surface area contributed by atoms with E-state index in [2.05, 4.69) is 23.9 Å². The number of phenolic OH excluding ortho intramolecular Hbond substituents is 1. The Hall–Kier alpha value is -3.35. The van der Waals surface area contributed by atoms with E-state index in [1.165, 1.54) is 14.0 Å². The summed E-state index contributed by atoms with van der Waals surface area (Å²) < 4.78 is 12.9. The van der Waals surface area contributed by atoms with Gasteiger partial charge in [-0.1, -0.05) is 6.07 Å². The van der Waals surface area contributed by atoms with Crippen molar-refractivity contribution in [2.75, 3.05) is 7.11 Å². The van der Waals surface area contributed by atoms with Crippen LogP contribution in [0, 0.1) is 0 Å². The quantitative estimate of drug-likeness (QED) is 0.622. The zero-order chi connectivity index (χ0) is 20.3. The van der Waals surface area contributed by atoms with Crippen molar-refractivity contribution >= 4 is 5.78 Å². The van der Waals surface area contributed by atoms with E-state index in [1.807, 2.05) is 22.9 Å². The first-order valence-electron chi connectivity index (χ1n) is 8.95. The van der Waals surface area contributed by atoms with E-state index >= 15 is 0 Å². The molecular weight excluding hydrogens is 358 g/mol. The largest absolute Gasteiger partial charge is 0.504 e. The summed E-state index contributed by atoms with van der Waals surface area (Å²) in [5.41, 5.74) is 2.58. The number of hydrogen-bond donors (Lipinski definition) is 1. The van der Waals surface area contributed by atoms with Crippen molar-refractivity contribution in [3.05, 3.63) is 53.9 Å². The highest BCUT2D eigenvalue weighted by molar-refractivity contribution is 6.00. The molecule has 0 aliphatic heterocycles. The van der Waals surface area contributed by atoms with Gasteiger partial charge in [0.05, 0.1) is 18.5 Å². The summed E-state index contributed by atoms with van der Waals surface area (Å²) in [5.74, 6) is -0.0223. The van der Waals surface area contributed by atoms with Gasteiger partial charge in [0, 0.05) is 24.0 Å². The average Bonchev–Trinajstić information content (AvgIpc) is 3.16. The van der Waals surface area contributed by atoms with E-state index in [0.717, 1.165) is 17.0 Å². The SMILES string of the molecule is COc1ccc(OCc2cccnc2-c2ccnn2C(C)C)c(C(C)=O)c1O. The number of hydrogen-bond acceptors (Lipinski definition) is 6. The molecule has 2 heterocycles. The Bertz CT molecular complexity index is 995. The van der Waals surface area contributed by atoms with Gasteiger partial charge in [-0.15, -0.1) is 0 Å². The minimum absolute atomic E-state index is 0.0945. The van der Waals surface area contributed by atoms with E-state index < -0.39 is 0 Å². The van der Waals surface area contributed by atoms with Crippen LogP contribution in [0.25, 0.3) is 11.4 Å². The topological polar surface area (TPSA) is 86.5 Å². The maximum atomic E-state index is 12.0. The van der Waals surface area contributed by atoms with Gasteiger partial charge in [0.15, 0.2) is 17.3 Å². The van der Waals surface area contributed by atoms with Gasteiger partial charge in [-0.2, -0.15) is 5.10 Å². The molecule has 7 nitrogen and oxygen atoms in total. The fourth-order valence-corrected chi connectivity index (χ4v) is 3.03. The van der Waals surface area contributed by atoms with Gasteiger partial charge in [-0.05, 0) is 45.0 Å². The number of aromatic nitrogens is 3. The number of ether oxygens (including phenoxy) is 2. The van der Waals surface area contributed by atoms with Crippen LogP contribution in [-0.2, 0) is 6.61 Å². The molecule has 0 aliphatic rings. The summed E-state index contributed by atoms with van der Waals surface area (Å²) in [6.07, 6.45) is 3.46. The Balaban J connectivity index is 1.94. The third-order valence-electron chi connectivity index (χ3n) is 4.35. The van der Waals surface area contributed by atoms with Crippen molar-refractivity contribution in [3.8, 4) is 28.6 Å². The molecule has 3 rings (SSSR count). The molecule has 0 amide bonds. The van der Waals surface area contributed by atoms with Gasteiger partial charge in [0.25, 0.3) is 0 Å². The molecule has 0 aliphatic carbocycles. The molecule has 0 atom stereocenters. The second kappa shape index (κ2) is 8.12. The number of nitrogens with zero attached hydrogens (tertiary/aromatic N) is 3. The molecule has 3 aromatic rings. The molecular formula is C21H23N3O4. The molecule has 28 heavy (non-hydrogen) atoms. The van der Waals surface area contributed by atoms with Crippen molar-refractivity contribution in [3.63, 3.8) is 0 Å². The molecule has 1 aromatic carbocycles. The molecule has 7 heteroatoms. The Morgan fingerprint density at radius 3 is 2.61 bits per heavy atom. The number of Topliss-reactive ketones (excluding diaryl/α,β-unsaturated/α-hetero) is 1. The fraction of sp³-hybridized carbons (Fsp3) is 0.286. The lowest BCUT2D eigenvalue weighted by Gasteiger charge is -2.16. The van der Waals surface area contributed by atoms with Crippen LogP contribution in [0.3, 0.4) is 0 Å². The molecule has 146 valence electrons. The summed E-state index contributed by atoms with van der Waals surface area (Å²) >= 11 is 0. The fourth-order valence-electron chi connectivity index (χ4n) is 3.03. The number of rotatable bonds is 7. The number of carbonyl (C=O) groups is 1. The molecule has 0 radical (unpaired) electrons. The predicted molar refractivity (Wildman–Crippen MR) is 105 cm³/mol. The Morgan fingerprint density at radius 1 is 1.18 bits per heavy atom. The lowest BCUT2D eigenvalue weighted by atomic mass is 10.1. The number of ketones is 1. The molecule has 0 saturated carbocycles. The number of phenols is 1. The molecule has 2 aromatic heterocycles. The first-order chi connectivity index (χ1) is 13.4. The summed E-state index contributed by atoms with van der Waals surface area (Å²) in [6, 6.07) is 9.01. The first-order valence-corrected chi connectivity index (χ1v) is 8.95. The molecule has 0 fully saturated rings. The second-order valence-electron chi connectivity index (χ2n) is 6.60. The minimum atomic E-state index is -0.310. The molecule has 0 unspecified atom stereocenters. The number of pyridine rings is 1. The van der Waals surface area contributed by atoms with E-state index in [1.54, 1.807) is 24.5 Å². The number of carbonyl (C=O) groups excluding carboxylic acids is 1. The second-order valence-corrected chi connectivity index (χ2v) is 6.60. The van der Waals surface area contributed by atoms with Gasteiger partial charge >= 0.3 is 0 Å². The van der Waals surface area contributed by atoms with Crippen molar-refractivity contribution < 1.29 is 19.4 Å². The summed E-state index contributed by atoms with van der Waals surface area (Å²) in [4.78, 5) is 16.5. The summed E-state index contributed by atoms with van der Waals surface area (Å²) in [7, 11) is 1.43. The van der Waals surface area contributed by atoms with Crippen molar-refractivity contribution in [1.29, 1.82) is 0 Å². The first kappa shape index (κ1) is 19.4. The minimum Gasteiger partial charge on any atom is -0.504 e. The normalized spacial score (nSPS) is 10.9. The van der Waals surface area contributed by atoms with Crippen molar-refractivity contribution in [1.82, 2.24) is 14.8 Å². The van der Waals surface area contributed by atoms with Crippen LogP contribution in [-0.4, -0.2) is 32.8 Å². The van der Waals surface area contributed by atoms with Gasteiger partial charge in [-0.25, -0.2) is 0 Å². The average molecular weight is 381 g/mol. The van der Waals surface area contributed by atoms with E-state index in [0.29, 0.717) is 0 Å². The zero-order valence-electron chi connectivity index (χ0n) is 16.3. The third kappa shape index (κ3) is 3.69. The van der Waals surface area contributed by atoms with Crippen LogP contribution in [0.1, 0.15) is 42.7 Å². The van der Waals surface area contributed by atoms with Crippen LogP contribution < -0.4 is 9.47 Å². The lowest BCUT2D eigenvalue weighted by Crippen LogP contribution is -2.08. The Labute approximate surface area is 163 Å². The zero-order valence-corrected chi connectivity index (χ0v) is 16.3. The Morgan fingerprint density at radius 2 is 1.93 bits per heavy atom. The van der Waals surface area contributed by atoms with Crippen LogP contribution in [0.2, 0.25) is 0 Å². The van der Waals surface area contributed by atoms with E-state index in [9.17, 15) is 9.90 Å². The monoisotopic (exact) mass is 381 g/mol. The van der Waals surface area contributed by atoms with Crippen molar-refractivity contribution in [2.24, 2.45) is 0 Å². The maximum absolute atomic E-state index is 12.0. The lowest BCUT2D eigenvalue weighted by molar-refractivity contribution is 0.101. The summed E-state index contributed by atoms with van der Waals surface area (Å²) in [6.45, 7) is 5.65. The molecule has 1 N–H and O–H groups in total. The highest BCUT2D eigenvalue weighted by Gasteiger charge is 2.19. The molecule has 0 spiro atoms. The van der Waals surface area contributed by atoms with E-state index in [4.69, 9.17) is 9.47 Å². The predicted octanol–water partition coefficient (Wildman–Crippen LogP) is 4.02. The summed E-state index contributed by atoms with van der Waals surface area (Å²) in [5, 5.41) is 14.7. The standard InChI is InChI=1S/C21H23N3O4/c1-13(2)24-16(9-11-23-24)20-15(6-5-10-22-20)12-28-17-7-8-18(27-4)21(26)19(17)14(3)25/h5-11,13,26H,12H2,1-4H3. The van der Waals surface area contributed by atoms with Crippen LogP contribution in [0.15, 0.2) is 42.7 Å². The van der Waals surface area contributed by atoms with Crippen LogP contribution >= 0.6 is 0 Å². The van der Waals surface area contributed by atoms with Gasteiger partial charge < -0.3 is 14.6 Å². The number of aromatic hydroxyl groups is 1. The van der Waals surface area contributed by atoms with E-state index in [-0.39, 0.29) is 41.2 Å². The molecule has 0 bridgehead atoms. The van der Waals surface area contributed by atoms with Gasteiger partial charge in [0.2, 0.25) is 0 Å². The maximum Gasteiger partial charge on any atom is 0.172 e. The highest BCUT2D eigenvalue weighted by Crippen LogP contribution is 2.37. The molecule has 0 saturated heterocycles. The number of benzene rings is 1. The van der Waals surface area contributed by atoms with Crippen molar-refractivity contribution in [2.45, 2.75) is 33.4 Å². The highest BCUT2D eigenvalue weighted by atomic mass is 16.5. The third-order valence-corrected chi connectivity index (χ3v) is 4.35. The van der Waals surface area contributed by atoms with Crippen LogP contribution in [0.4, 0.5) is 0 Å². The smallest absolute Gasteiger partial charge is 0.172 e. The van der Waals surface area contributed by atoms with Gasteiger partial charge in [-0.3, -0.25) is 14.5 Å².